The molecule has 1 fully saturated rings. The Morgan fingerprint density at radius 1 is 1.13 bits per heavy atom. The van der Waals surface area contributed by atoms with Crippen molar-refractivity contribution in [2.24, 2.45) is 0 Å². The molecule has 0 bridgehead atoms. The highest BCUT2D eigenvalue weighted by molar-refractivity contribution is 7.92. The number of rotatable bonds is 6. The van der Waals surface area contributed by atoms with Crippen LogP contribution in [0, 0.1) is 0 Å². The van der Waals surface area contributed by atoms with Crippen molar-refractivity contribution in [1.82, 2.24) is 5.43 Å². The first-order valence-corrected chi connectivity index (χ1v) is 11.1. The SMILES string of the molecule is Nc1ccc(OC(F)(F)F)cc1C(=O)NNc1cc(Cl)ccc1S(=O)(=O)C1CCCC1. The Kier molecular flexibility index (Phi) is 6.56. The van der Waals surface area contributed by atoms with Gasteiger partial charge in [-0.05, 0) is 49.2 Å². The van der Waals surface area contributed by atoms with Gasteiger partial charge >= 0.3 is 6.36 Å². The van der Waals surface area contributed by atoms with Crippen LogP contribution in [0.5, 0.6) is 5.75 Å². The lowest BCUT2D eigenvalue weighted by Gasteiger charge is -2.17. The van der Waals surface area contributed by atoms with E-state index in [1.54, 1.807) is 0 Å². The van der Waals surface area contributed by atoms with Crippen LogP contribution in [0.15, 0.2) is 41.3 Å². The van der Waals surface area contributed by atoms with Gasteiger partial charge in [-0.2, -0.15) is 0 Å². The topological polar surface area (TPSA) is 111 Å². The number of nitrogens with two attached hydrogens (primary N) is 1. The largest absolute Gasteiger partial charge is 0.573 e. The number of carbonyl (C=O) groups is 1. The number of amides is 1. The number of hydrazine groups is 1. The monoisotopic (exact) mass is 477 g/mol. The summed E-state index contributed by atoms with van der Waals surface area (Å²) < 4.78 is 67.0. The number of anilines is 2. The molecule has 0 spiro atoms. The molecule has 0 atom stereocenters. The average Bonchev–Trinajstić information content (AvgIpc) is 3.22. The number of hydrogen-bond acceptors (Lipinski definition) is 6. The van der Waals surface area contributed by atoms with Gasteiger partial charge in [0.25, 0.3) is 5.91 Å². The van der Waals surface area contributed by atoms with Gasteiger partial charge in [-0.25, -0.2) is 8.42 Å². The van der Waals surface area contributed by atoms with Gasteiger partial charge in [0.15, 0.2) is 9.84 Å². The van der Waals surface area contributed by atoms with E-state index in [9.17, 15) is 26.4 Å². The molecule has 7 nitrogen and oxygen atoms in total. The quantitative estimate of drug-likeness (QED) is 0.423. The second-order valence-corrected chi connectivity index (χ2v) is 9.60. The van der Waals surface area contributed by atoms with Crippen molar-refractivity contribution in [1.29, 1.82) is 0 Å². The molecule has 3 rings (SSSR count). The first-order valence-electron chi connectivity index (χ1n) is 9.22. The summed E-state index contributed by atoms with van der Waals surface area (Å²) in [5.41, 5.74) is 10.1. The smallest absolute Gasteiger partial charge is 0.406 e. The highest BCUT2D eigenvalue weighted by atomic mass is 35.5. The van der Waals surface area contributed by atoms with Crippen LogP contribution in [0.3, 0.4) is 0 Å². The van der Waals surface area contributed by atoms with Crippen molar-refractivity contribution >= 4 is 38.7 Å². The van der Waals surface area contributed by atoms with Gasteiger partial charge < -0.3 is 10.5 Å². The number of benzene rings is 2. The molecular weight excluding hydrogens is 459 g/mol. The molecule has 4 N–H and O–H groups in total. The molecule has 2 aromatic rings. The Hall–Kier alpha value is -2.66. The van der Waals surface area contributed by atoms with Crippen LogP contribution in [0.2, 0.25) is 5.02 Å². The molecule has 0 unspecified atom stereocenters. The van der Waals surface area contributed by atoms with Gasteiger partial charge in [-0.1, -0.05) is 24.4 Å². The standard InChI is InChI=1S/C19H19ClF3N3O4S/c20-11-5-8-17(31(28,29)13-3-1-2-4-13)16(9-11)25-26-18(27)14-10-12(6-7-15(14)24)30-19(21,22)23/h5-10,13,25H,1-4,24H2,(H,26,27). The average molecular weight is 478 g/mol. The lowest BCUT2D eigenvalue weighted by molar-refractivity contribution is -0.274. The van der Waals surface area contributed by atoms with Gasteiger partial charge in [-0.3, -0.25) is 15.6 Å². The van der Waals surface area contributed by atoms with Gasteiger partial charge in [0, 0.05) is 10.7 Å². The predicted molar refractivity (Wildman–Crippen MR) is 110 cm³/mol. The number of hydrogen-bond donors (Lipinski definition) is 3. The zero-order chi connectivity index (χ0) is 22.8. The number of nitrogens with one attached hydrogen (secondary N) is 2. The zero-order valence-electron chi connectivity index (χ0n) is 16.0. The third-order valence-corrected chi connectivity index (χ3v) is 7.36. The van der Waals surface area contributed by atoms with Crippen LogP contribution in [-0.2, 0) is 9.84 Å². The van der Waals surface area contributed by atoms with E-state index >= 15 is 0 Å². The van der Waals surface area contributed by atoms with Crippen molar-refractivity contribution in [3.63, 3.8) is 0 Å². The van der Waals surface area contributed by atoms with E-state index in [2.05, 4.69) is 15.6 Å². The molecule has 0 radical (unpaired) electrons. The maximum Gasteiger partial charge on any atom is 0.573 e. The second-order valence-electron chi connectivity index (χ2n) is 6.97. The summed E-state index contributed by atoms with van der Waals surface area (Å²) in [6, 6.07) is 6.98. The molecule has 0 aliphatic heterocycles. The van der Waals surface area contributed by atoms with Crippen LogP contribution < -0.4 is 21.3 Å². The Morgan fingerprint density at radius 2 is 1.81 bits per heavy atom. The van der Waals surface area contributed by atoms with Crippen LogP contribution in [0.25, 0.3) is 0 Å². The van der Waals surface area contributed by atoms with Crippen molar-refractivity contribution in [3.8, 4) is 5.75 Å². The maximum atomic E-state index is 13.0. The highest BCUT2D eigenvalue weighted by Gasteiger charge is 2.33. The molecule has 2 aromatic carbocycles. The number of sulfone groups is 1. The molecule has 1 aliphatic carbocycles. The van der Waals surface area contributed by atoms with Crippen LogP contribution >= 0.6 is 11.6 Å². The van der Waals surface area contributed by atoms with E-state index in [1.807, 2.05) is 0 Å². The molecule has 1 amide bonds. The molecular formula is C19H19ClF3N3O4S. The van der Waals surface area contributed by atoms with Crippen LogP contribution in [-0.4, -0.2) is 25.9 Å². The molecule has 0 saturated heterocycles. The van der Waals surface area contributed by atoms with Crippen molar-refractivity contribution in [3.05, 3.63) is 47.0 Å². The minimum atomic E-state index is -4.94. The van der Waals surface area contributed by atoms with Gasteiger partial charge in [0.2, 0.25) is 0 Å². The van der Waals surface area contributed by atoms with E-state index < -0.39 is 33.1 Å². The van der Waals surface area contributed by atoms with Crippen LogP contribution in [0.1, 0.15) is 36.0 Å². The summed E-state index contributed by atoms with van der Waals surface area (Å²) in [6.45, 7) is 0. The minimum Gasteiger partial charge on any atom is -0.406 e. The summed E-state index contributed by atoms with van der Waals surface area (Å²) in [7, 11) is -3.68. The van der Waals surface area contributed by atoms with E-state index in [1.165, 1.54) is 18.2 Å². The lowest BCUT2D eigenvalue weighted by Crippen LogP contribution is -2.31. The number of ether oxygens (including phenoxy) is 1. The fraction of sp³-hybridized carbons (Fsp3) is 0.316. The Bertz CT molecular complexity index is 1090. The Balaban J connectivity index is 1.82. The molecule has 1 saturated carbocycles. The fourth-order valence-electron chi connectivity index (χ4n) is 3.35. The van der Waals surface area contributed by atoms with Gasteiger partial charge in [-0.15, -0.1) is 13.2 Å². The van der Waals surface area contributed by atoms with E-state index in [0.717, 1.165) is 31.0 Å². The number of carbonyl (C=O) groups excluding carboxylic acids is 1. The molecule has 31 heavy (non-hydrogen) atoms. The third-order valence-electron chi connectivity index (χ3n) is 4.80. The molecule has 0 aromatic heterocycles. The summed E-state index contributed by atoms with van der Waals surface area (Å²) in [6.07, 6.45) is -2.23. The summed E-state index contributed by atoms with van der Waals surface area (Å²) >= 11 is 5.98. The molecule has 168 valence electrons. The first-order chi connectivity index (χ1) is 14.5. The fourth-order valence-corrected chi connectivity index (χ4v) is 5.51. The van der Waals surface area contributed by atoms with Crippen molar-refractivity contribution in [2.45, 2.75) is 42.2 Å². The van der Waals surface area contributed by atoms with Crippen LogP contribution in [0.4, 0.5) is 24.5 Å². The first kappa shape index (κ1) is 23.0. The normalized spacial score (nSPS) is 15.0. The number of alkyl halides is 3. The predicted octanol–water partition coefficient (Wildman–Crippen LogP) is 4.29. The van der Waals surface area contributed by atoms with Gasteiger partial charge in [0.05, 0.1) is 21.4 Å². The van der Waals surface area contributed by atoms with E-state index in [-0.39, 0.29) is 26.9 Å². The maximum absolute atomic E-state index is 13.0. The number of nitrogen functional groups attached to an aromatic ring is 1. The number of halogens is 4. The molecule has 1 aliphatic rings. The zero-order valence-corrected chi connectivity index (χ0v) is 17.6. The van der Waals surface area contributed by atoms with Crippen molar-refractivity contribution in [2.75, 3.05) is 11.2 Å². The molecule has 12 heteroatoms. The lowest BCUT2D eigenvalue weighted by atomic mass is 10.1. The minimum absolute atomic E-state index is 0.0359. The highest BCUT2D eigenvalue weighted by Crippen LogP contribution is 2.34. The van der Waals surface area contributed by atoms with E-state index in [0.29, 0.717) is 12.8 Å². The summed E-state index contributed by atoms with van der Waals surface area (Å²) in [4.78, 5) is 12.5. The second kappa shape index (κ2) is 8.83. The Labute approximate surface area is 181 Å². The third kappa shape index (κ3) is 5.53. The summed E-state index contributed by atoms with van der Waals surface area (Å²) in [5, 5.41) is -0.307. The Morgan fingerprint density at radius 3 is 2.45 bits per heavy atom. The van der Waals surface area contributed by atoms with Crippen molar-refractivity contribution < 1.29 is 31.1 Å². The van der Waals surface area contributed by atoms with Gasteiger partial charge in [0.1, 0.15) is 5.75 Å². The summed E-state index contributed by atoms with van der Waals surface area (Å²) in [5.74, 6) is -1.52. The molecule has 0 heterocycles. The van der Waals surface area contributed by atoms with E-state index in [4.69, 9.17) is 17.3 Å².